The molecule has 1 nitrogen and oxygen atoms in total. The van der Waals surface area contributed by atoms with Gasteiger partial charge in [0.1, 0.15) is 5.67 Å². The van der Waals surface area contributed by atoms with Crippen molar-refractivity contribution < 1.29 is 4.39 Å². The zero-order chi connectivity index (χ0) is 11.9. The Bertz CT molecular complexity index is 270. The Kier molecular flexibility index (Phi) is 3.18. The van der Waals surface area contributed by atoms with Gasteiger partial charge in [-0.15, -0.1) is 0 Å². The average molecular weight is 239 g/mol. The van der Waals surface area contributed by atoms with Crippen molar-refractivity contribution in [3.8, 4) is 0 Å². The van der Waals surface area contributed by atoms with Crippen LogP contribution in [0.2, 0.25) is 0 Å². The number of halogens is 1. The molecule has 3 fully saturated rings. The summed E-state index contributed by atoms with van der Waals surface area (Å²) in [5, 5.41) is 3.36. The van der Waals surface area contributed by atoms with E-state index in [0.717, 1.165) is 44.2 Å². The lowest BCUT2D eigenvalue weighted by atomic mass is 9.75. The van der Waals surface area contributed by atoms with Crippen molar-refractivity contribution in [3.05, 3.63) is 0 Å². The van der Waals surface area contributed by atoms with Crippen LogP contribution in [0, 0.1) is 23.7 Å². The van der Waals surface area contributed by atoms with E-state index in [1.807, 2.05) is 6.92 Å². The van der Waals surface area contributed by atoms with Crippen LogP contribution in [0.4, 0.5) is 4.39 Å². The van der Waals surface area contributed by atoms with Gasteiger partial charge in [0.05, 0.1) is 0 Å². The van der Waals surface area contributed by atoms with Crippen molar-refractivity contribution in [1.29, 1.82) is 0 Å². The molecule has 1 N–H and O–H groups in total. The van der Waals surface area contributed by atoms with Gasteiger partial charge in [-0.3, -0.25) is 0 Å². The molecule has 3 aliphatic rings. The quantitative estimate of drug-likeness (QED) is 0.794. The van der Waals surface area contributed by atoms with Crippen LogP contribution in [-0.2, 0) is 0 Å². The molecule has 1 aliphatic heterocycles. The predicted molar refractivity (Wildman–Crippen MR) is 68.7 cm³/mol. The molecular formula is C15H26FN. The van der Waals surface area contributed by atoms with E-state index in [1.165, 1.54) is 25.7 Å². The van der Waals surface area contributed by atoms with E-state index in [2.05, 4.69) is 5.32 Å². The van der Waals surface area contributed by atoms with Crippen LogP contribution in [-0.4, -0.2) is 18.8 Å². The zero-order valence-corrected chi connectivity index (χ0v) is 11.1. The van der Waals surface area contributed by atoms with Crippen LogP contribution < -0.4 is 5.32 Å². The van der Waals surface area contributed by atoms with Gasteiger partial charge in [0.15, 0.2) is 0 Å². The molecule has 5 unspecified atom stereocenters. The van der Waals surface area contributed by atoms with Crippen molar-refractivity contribution in [2.24, 2.45) is 23.7 Å². The number of hydrogen-bond donors (Lipinski definition) is 1. The highest BCUT2D eigenvalue weighted by molar-refractivity contribution is 4.96. The summed E-state index contributed by atoms with van der Waals surface area (Å²) >= 11 is 0. The summed E-state index contributed by atoms with van der Waals surface area (Å²) in [5.74, 6) is 2.78. The Morgan fingerprint density at radius 2 is 2.12 bits per heavy atom. The Balaban J connectivity index is 1.59. The van der Waals surface area contributed by atoms with Crippen LogP contribution in [0.15, 0.2) is 0 Å². The summed E-state index contributed by atoms with van der Waals surface area (Å²) < 4.78 is 14.9. The second-order valence-electron chi connectivity index (χ2n) is 6.96. The first-order chi connectivity index (χ1) is 8.15. The molecule has 5 atom stereocenters. The highest BCUT2D eigenvalue weighted by Gasteiger charge is 2.45. The average Bonchev–Trinajstić information content (AvgIpc) is 2.91. The Labute approximate surface area is 105 Å². The van der Waals surface area contributed by atoms with E-state index in [9.17, 15) is 4.39 Å². The number of rotatable bonds is 3. The maximum atomic E-state index is 14.9. The maximum absolute atomic E-state index is 14.9. The number of piperidine rings is 1. The number of nitrogens with one attached hydrogen (secondary N) is 1. The molecule has 2 bridgehead atoms. The number of fused-ring (bicyclic) bond motifs is 2. The Morgan fingerprint density at radius 3 is 2.71 bits per heavy atom. The van der Waals surface area contributed by atoms with Crippen LogP contribution in [0.5, 0.6) is 0 Å². The lowest BCUT2D eigenvalue weighted by Gasteiger charge is -2.37. The summed E-state index contributed by atoms with van der Waals surface area (Å²) in [6, 6.07) is 0. The van der Waals surface area contributed by atoms with E-state index in [4.69, 9.17) is 0 Å². The fraction of sp³-hybridized carbons (Fsp3) is 1.00. The normalized spacial score (nSPS) is 44.8. The fourth-order valence-corrected chi connectivity index (χ4v) is 4.67. The second kappa shape index (κ2) is 4.53. The Hall–Kier alpha value is -0.110. The topological polar surface area (TPSA) is 12.0 Å². The molecule has 0 aromatic rings. The summed E-state index contributed by atoms with van der Waals surface area (Å²) in [4.78, 5) is 0. The van der Waals surface area contributed by atoms with Gasteiger partial charge in [0.2, 0.25) is 0 Å². The molecule has 2 saturated carbocycles. The van der Waals surface area contributed by atoms with Gasteiger partial charge in [0.25, 0.3) is 0 Å². The zero-order valence-electron chi connectivity index (χ0n) is 11.1. The van der Waals surface area contributed by atoms with Gasteiger partial charge in [-0.05, 0) is 69.7 Å². The summed E-state index contributed by atoms with van der Waals surface area (Å²) in [6.07, 6.45) is 8.61. The molecule has 17 heavy (non-hydrogen) atoms. The molecular weight excluding hydrogens is 213 g/mol. The Morgan fingerprint density at radius 1 is 1.24 bits per heavy atom. The molecule has 0 spiro atoms. The van der Waals surface area contributed by atoms with Gasteiger partial charge in [-0.2, -0.15) is 0 Å². The predicted octanol–water partition coefficient (Wildman–Crippen LogP) is 3.54. The van der Waals surface area contributed by atoms with Gasteiger partial charge in [0, 0.05) is 12.5 Å². The fourth-order valence-electron chi connectivity index (χ4n) is 4.67. The third-order valence-electron chi connectivity index (χ3n) is 5.69. The summed E-state index contributed by atoms with van der Waals surface area (Å²) in [5.41, 5.74) is -0.928. The minimum atomic E-state index is -0.928. The molecule has 3 rings (SSSR count). The smallest absolute Gasteiger partial charge is 0.112 e. The third kappa shape index (κ3) is 2.38. The lowest BCUT2D eigenvalue weighted by molar-refractivity contribution is 0.0451. The third-order valence-corrected chi connectivity index (χ3v) is 5.69. The molecule has 0 radical (unpaired) electrons. The van der Waals surface area contributed by atoms with Crippen molar-refractivity contribution in [3.63, 3.8) is 0 Å². The highest BCUT2D eigenvalue weighted by Crippen LogP contribution is 2.52. The first-order valence-corrected chi connectivity index (χ1v) is 7.55. The van der Waals surface area contributed by atoms with Crippen LogP contribution in [0.25, 0.3) is 0 Å². The van der Waals surface area contributed by atoms with Crippen LogP contribution >= 0.6 is 0 Å². The van der Waals surface area contributed by atoms with E-state index in [0.29, 0.717) is 5.92 Å². The minimum Gasteiger partial charge on any atom is -0.316 e. The maximum Gasteiger partial charge on any atom is 0.112 e. The minimum absolute atomic E-state index is 0.260. The monoisotopic (exact) mass is 239 g/mol. The van der Waals surface area contributed by atoms with Gasteiger partial charge >= 0.3 is 0 Å². The van der Waals surface area contributed by atoms with E-state index < -0.39 is 5.67 Å². The molecule has 2 aliphatic carbocycles. The summed E-state index contributed by atoms with van der Waals surface area (Å²) in [6.45, 7) is 3.85. The van der Waals surface area contributed by atoms with Crippen LogP contribution in [0.3, 0.4) is 0 Å². The van der Waals surface area contributed by atoms with Gasteiger partial charge < -0.3 is 5.32 Å². The molecule has 0 aromatic heterocycles. The van der Waals surface area contributed by atoms with E-state index in [-0.39, 0.29) is 5.92 Å². The SMILES string of the molecule is CC(F)(CC1CC2CCC1C2)C1CCCNC1. The first kappa shape index (κ1) is 12.0. The van der Waals surface area contributed by atoms with Crippen molar-refractivity contribution in [1.82, 2.24) is 5.32 Å². The highest BCUT2D eigenvalue weighted by atomic mass is 19.1. The van der Waals surface area contributed by atoms with Crippen molar-refractivity contribution >= 4 is 0 Å². The first-order valence-electron chi connectivity index (χ1n) is 7.55. The van der Waals surface area contributed by atoms with Gasteiger partial charge in [-0.25, -0.2) is 4.39 Å². The molecule has 1 saturated heterocycles. The summed E-state index contributed by atoms with van der Waals surface area (Å²) in [7, 11) is 0. The van der Waals surface area contributed by atoms with E-state index in [1.54, 1.807) is 0 Å². The van der Waals surface area contributed by atoms with Crippen molar-refractivity contribution in [2.75, 3.05) is 13.1 Å². The van der Waals surface area contributed by atoms with Gasteiger partial charge in [-0.1, -0.05) is 6.42 Å². The number of hydrogen-bond acceptors (Lipinski definition) is 1. The number of alkyl halides is 1. The standard InChI is InChI=1S/C15H26FN/c1-15(16,14-3-2-6-17-10-14)9-13-8-11-4-5-12(13)7-11/h11-14,17H,2-10H2,1H3. The molecule has 1 heterocycles. The second-order valence-corrected chi connectivity index (χ2v) is 6.96. The largest absolute Gasteiger partial charge is 0.316 e. The molecule has 0 aromatic carbocycles. The molecule has 2 heteroatoms. The lowest BCUT2D eigenvalue weighted by Crippen LogP contribution is -2.43. The van der Waals surface area contributed by atoms with Crippen molar-refractivity contribution in [2.45, 2.75) is 57.5 Å². The van der Waals surface area contributed by atoms with E-state index >= 15 is 0 Å². The molecule has 0 amide bonds. The molecule has 98 valence electrons. The van der Waals surface area contributed by atoms with Crippen LogP contribution in [0.1, 0.15) is 51.9 Å².